The predicted octanol–water partition coefficient (Wildman–Crippen LogP) is 3.67. The summed E-state index contributed by atoms with van der Waals surface area (Å²) in [6, 6.07) is 7.84. The monoisotopic (exact) mass is 262 g/mol. The van der Waals surface area contributed by atoms with E-state index >= 15 is 0 Å². The van der Waals surface area contributed by atoms with E-state index in [-0.39, 0.29) is 11.9 Å². The largest absolute Gasteiger partial charge is 0.385 e. The number of nitrogens with one attached hydrogen (secondary N) is 2. The van der Waals surface area contributed by atoms with Crippen molar-refractivity contribution in [1.82, 2.24) is 5.32 Å². The number of rotatable bonds is 7. The molecule has 0 radical (unpaired) electrons. The van der Waals surface area contributed by atoms with Crippen LogP contribution in [0.2, 0.25) is 0 Å². The molecule has 1 aromatic rings. The van der Waals surface area contributed by atoms with Gasteiger partial charge in [-0.2, -0.15) is 0 Å². The maximum Gasteiger partial charge on any atom is 0.251 e. The second kappa shape index (κ2) is 7.82. The number of hydrogen-bond acceptors (Lipinski definition) is 2. The van der Waals surface area contributed by atoms with Crippen LogP contribution < -0.4 is 10.6 Å². The molecule has 1 unspecified atom stereocenters. The zero-order valence-electron chi connectivity index (χ0n) is 12.5. The fourth-order valence-electron chi connectivity index (χ4n) is 2.35. The van der Waals surface area contributed by atoms with E-state index in [0.29, 0.717) is 5.92 Å². The van der Waals surface area contributed by atoms with Crippen molar-refractivity contribution in [1.29, 1.82) is 0 Å². The van der Waals surface area contributed by atoms with Crippen molar-refractivity contribution in [2.75, 3.05) is 11.9 Å². The molecule has 2 N–H and O–H groups in total. The van der Waals surface area contributed by atoms with Crippen LogP contribution in [0, 0.1) is 5.92 Å². The van der Waals surface area contributed by atoms with E-state index in [4.69, 9.17) is 0 Å². The number of benzene rings is 1. The van der Waals surface area contributed by atoms with Gasteiger partial charge in [0.1, 0.15) is 0 Å². The lowest BCUT2D eigenvalue weighted by molar-refractivity contribution is 0.0925. The van der Waals surface area contributed by atoms with Gasteiger partial charge < -0.3 is 10.6 Å². The molecule has 0 saturated heterocycles. The van der Waals surface area contributed by atoms with Crippen molar-refractivity contribution in [3.8, 4) is 0 Å². The smallest absolute Gasteiger partial charge is 0.251 e. The van der Waals surface area contributed by atoms with Gasteiger partial charge in [-0.15, -0.1) is 0 Å². The third-order valence-electron chi connectivity index (χ3n) is 3.64. The van der Waals surface area contributed by atoms with Crippen LogP contribution >= 0.6 is 0 Å². The molecule has 0 fully saturated rings. The van der Waals surface area contributed by atoms with Gasteiger partial charge in [-0.3, -0.25) is 4.79 Å². The summed E-state index contributed by atoms with van der Waals surface area (Å²) < 4.78 is 0. The highest BCUT2D eigenvalue weighted by Gasteiger charge is 2.16. The van der Waals surface area contributed by atoms with E-state index in [1.807, 2.05) is 24.3 Å². The van der Waals surface area contributed by atoms with E-state index < -0.39 is 0 Å². The molecule has 0 heterocycles. The van der Waals surface area contributed by atoms with Gasteiger partial charge in [0.15, 0.2) is 0 Å². The summed E-state index contributed by atoms with van der Waals surface area (Å²) in [5, 5.41) is 6.31. The summed E-state index contributed by atoms with van der Waals surface area (Å²) in [6.07, 6.45) is 2.19. The molecule has 0 aliphatic carbocycles. The number of hydrogen-bond donors (Lipinski definition) is 2. The fraction of sp³-hybridized carbons (Fsp3) is 0.562. The van der Waals surface area contributed by atoms with Crippen LogP contribution in [0.15, 0.2) is 24.3 Å². The summed E-state index contributed by atoms with van der Waals surface area (Å²) in [5.41, 5.74) is 1.77. The van der Waals surface area contributed by atoms with E-state index in [1.54, 1.807) is 0 Å². The fourth-order valence-corrected chi connectivity index (χ4v) is 2.35. The third kappa shape index (κ3) is 4.58. The summed E-state index contributed by atoms with van der Waals surface area (Å²) in [7, 11) is 0. The van der Waals surface area contributed by atoms with E-state index in [0.717, 1.165) is 30.6 Å². The molecule has 0 bridgehead atoms. The average Bonchev–Trinajstić information content (AvgIpc) is 2.41. The molecular formula is C16H26N2O. The Balaban J connectivity index is 2.62. The Bertz CT molecular complexity index is 382. The SMILES string of the molecule is CCNc1ccc(C(=O)NC(C)C(CC)CC)cc1. The molecule has 1 rings (SSSR count). The zero-order chi connectivity index (χ0) is 14.3. The van der Waals surface area contributed by atoms with Crippen LogP contribution in [-0.4, -0.2) is 18.5 Å². The van der Waals surface area contributed by atoms with Gasteiger partial charge in [0.25, 0.3) is 5.91 Å². The maximum absolute atomic E-state index is 12.1. The lowest BCUT2D eigenvalue weighted by atomic mass is 9.95. The van der Waals surface area contributed by atoms with Gasteiger partial charge in [-0.25, -0.2) is 0 Å². The molecule has 0 saturated carbocycles. The predicted molar refractivity (Wildman–Crippen MR) is 81.6 cm³/mol. The van der Waals surface area contributed by atoms with Crippen molar-refractivity contribution in [3.05, 3.63) is 29.8 Å². The van der Waals surface area contributed by atoms with Crippen LogP contribution in [0.5, 0.6) is 0 Å². The first-order valence-corrected chi connectivity index (χ1v) is 7.27. The first-order chi connectivity index (χ1) is 9.12. The normalized spacial score (nSPS) is 12.3. The van der Waals surface area contributed by atoms with Crippen LogP contribution in [-0.2, 0) is 0 Å². The summed E-state index contributed by atoms with van der Waals surface area (Å²) in [4.78, 5) is 12.1. The van der Waals surface area contributed by atoms with Crippen molar-refractivity contribution in [2.24, 2.45) is 5.92 Å². The molecule has 0 aromatic heterocycles. The van der Waals surface area contributed by atoms with Crippen molar-refractivity contribution in [2.45, 2.75) is 46.6 Å². The lowest BCUT2D eigenvalue weighted by Gasteiger charge is -2.22. The van der Waals surface area contributed by atoms with Gasteiger partial charge in [-0.1, -0.05) is 26.7 Å². The minimum atomic E-state index is 0.0162. The summed E-state index contributed by atoms with van der Waals surface area (Å²) in [5.74, 6) is 0.562. The minimum Gasteiger partial charge on any atom is -0.385 e. The van der Waals surface area contributed by atoms with E-state index in [1.165, 1.54) is 0 Å². The first kappa shape index (κ1) is 15.5. The second-order valence-electron chi connectivity index (χ2n) is 4.95. The Morgan fingerprint density at radius 3 is 2.16 bits per heavy atom. The Kier molecular flexibility index (Phi) is 6.40. The lowest BCUT2D eigenvalue weighted by Crippen LogP contribution is -2.37. The number of anilines is 1. The van der Waals surface area contributed by atoms with Crippen LogP contribution in [0.3, 0.4) is 0 Å². The maximum atomic E-state index is 12.1. The standard InChI is InChI=1S/C16H26N2O/c1-5-13(6-2)12(4)18-16(19)14-8-10-15(11-9-14)17-7-3/h8-13,17H,5-7H2,1-4H3,(H,18,19). The zero-order valence-corrected chi connectivity index (χ0v) is 12.5. The number of carbonyl (C=O) groups is 1. The molecule has 0 aliphatic rings. The quantitative estimate of drug-likeness (QED) is 0.787. The Hall–Kier alpha value is -1.51. The minimum absolute atomic E-state index is 0.0162. The van der Waals surface area contributed by atoms with Crippen LogP contribution in [0.25, 0.3) is 0 Å². The Morgan fingerprint density at radius 2 is 1.68 bits per heavy atom. The Morgan fingerprint density at radius 1 is 1.11 bits per heavy atom. The van der Waals surface area contributed by atoms with Crippen LogP contribution in [0.4, 0.5) is 5.69 Å². The van der Waals surface area contributed by atoms with E-state index in [9.17, 15) is 4.79 Å². The number of amides is 1. The number of carbonyl (C=O) groups excluding carboxylic acids is 1. The summed E-state index contributed by atoms with van der Waals surface area (Å²) >= 11 is 0. The molecular weight excluding hydrogens is 236 g/mol. The van der Waals surface area contributed by atoms with Gasteiger partial charge in [-0.05, 0) is 44.0 Å². The highest BCUT2D eigenvalue weighted by atomic mass is 16.1. The molecule has 0 aliphatic heterocycles. The van der Waals surface area contributed by atoms with Crippen molar-refractivity contribution < 1.29 is 4.79 Å². The highest BCUT2D eigenvalue weighted by molar-refractivity contribution is 5.94. The molecule has 1 atom stereocenters. The van der Waals surface area contributed by atoms with Crippen LogP contribution in [0.1, 0.15) is 50.9 Å². The molecule has 106 valence electrons. The van der Waals surface area contributed by atoms with Gasteiger partial charge in [0, 0.05) is 23.8 Å². The second-order valence-corrected chi connectivity index (χ2v) is 4.95. The molecule has 3 nitrogen and oxygen atoms in total. The highest BCUT2D eigenvalue weighted by Crippen LogP contribution is 2.14. The molecule has 3 heteroatoms. The third-order valence-corrected chi connectivity index (χ3v) is 3.64. The average molecular weight is 262 g/mol. The summed E-state index contributed by atoms with van der Waals surface area (Å²) in [6.45, 7) is 9.36. The molecule has 19 heavy (non-hydrogen) atoms. The van der Waals surface area contributed by atoms with Gasteiger partial charge in [0.2, 0.25) is 0 Å². The van der Waals surface area contributed by atoms with Gasteiger partial charge >= 0.3 is 0 Å². The van der Waals surface area contributed by atoms with Crippen molar-refractivity contribution in [3.63, 3.8) is 0 Å². The first-order valence-electron chi connectivity index (χ1n) is 7.27. The molecule has 0 spiro atoms. The van der Waals surface area contributed by atoms with E-state index in [2.05, 4.69) is 38.3 Å². The molecule has 1 aromatic carbocycles. The topological polar surface area (TPSA) is 41.1 Å². The van der Waals surface area contributed by atoms with Crippen molar-refractivity contribution >= 4 is 11.6 Å². The Labute approximate surface area is 116 Å². The van der Waals surface area contributed by atoms with Gasteiger partial charge in [0.05, 0.1) is 0 Å². The molecule has 1 amide bonds.